The molecule has 3 heteroatoms. The molecule has 0 aliphatic carbocycles. The fraction of sp³-hybridized carbons (Fsp3) is 0.235. The van der Waals surface area contributed by atoms with Gasteiger partial charge in [0, 0.05) is 5.69 Å². The molecule has 1 amide bonds. The third kappa shape index (κ3) is 3.85. The summed E-state index contributed by atoms with van der Waals surface area (Å²) in [5.41, 5.74) is 2.00. The van der Waals surface area contributed by atoms with Gasteiger partial charge in [-0.1, -0.05) is 37.3 Å². The molecule has 0 heterocycles. The normalized spacial score (nSPS) is 11.7. The molecule has 0 spiro atoms. The van der Waals surface area contributed by atoms with Crippen LogP contribution >= 0.6 is 0 Å². The molecule has 3 nitrogen and oxygen atoms in total. The maximum absolute atomic E-state index is 12.1. The molecule has 0 radical (unpaired) electrons. The number of amides is 1. The molecule has 104 valence electrons. The topological polar surface area (TPSA) is 38.3 Å². The predicted molar refractivity (Wildman–Crippen MR) is 81.0 cm³/mol. The first kappa shape index (κ1) is 14.1. The number of para-hydroxylation sites is 1. The van der Waals surface area contributed by atoms with Crippen LogP contribution in [0.3, 0.4) is 0 Å². The van der Waals surface area contributed by atoms with Crippen molar-refractivity contribution in [2.45, 2.75) is 26.4 Å². The lowest BCUT2D eigenvalue weighted by atomic mass is 10.1. The minimum absolute atomic E-state index is 0.151. The van der Waals surface area contributed by atoms with Gasteiger partial charge in [-0.2, -0.15) is 0 Å². The molecule has 2 aromatic rings. The maximum Gasteiger partial charge on any atom is 0.265 e. The summed E-state index contributed by atoms with van der Waals surface area (Å²) in [5, 5.41) is 2.87. The van der Waals surface area contributed by atoms with Gasteiger partial charge in [0.25, 0.3) is 5.91 Å². The molecule has 1 atom stereocenters. The highest BCUT2D eigenvalue weighted by Gasteiger charge is 2.14. The number of benzene rings is 2. The van der Waals surface area contributed by atoms with Crippen LogP contribution in [0.5, 0.6) is 5.75 Å². The van der Waals surface area contributed by atoms with Crippen molar-refractivity contribution in [3.63, 3.8) is 0 Å². The van der Waals surface area contributed by atoms with Gasteiger partial charge in [-0.15, -0.1) is 0 Å². The van der Waals surface area contributed by atoms with Crippen LogP contribution in [0.25, 0.3) is 0 Å². The van der Waals surface area contributed by atoms with Gasteiger partial charge < -0.3 is 10.1 Å². The van der Waals surface area contributed by atoms with Crippen LogP contribution in [0.15, 0.2) is 54.6 Å². The zero-order chi connectivity index (χ0) is 14.4. The van der Waals surface area contributed by atoms with Crippen LogP contribution in [0.4, 0.5) is 5.69 Å². The van der Waals surface area contributed by atoms with Crippen molar-refractivity contribution in [2.24, 2.45) is 0 Å². The van der Waals surface area contributed by atoms with E-state index in [4.69, 9.17) is 4.74 Å². The minimum atomic E-state index is -0.539. The Morgan fingerprint density at radius 1 is 1.15 bits per heavy atom. The fourth-order valence-corrected chi connectivity index (χ4v) is 1.87. The van der Waals surface area contributed by atoms with E-state index < -0.39 is 6.10 Å². The molecule has 0 aromatic heterocycles. The van der Waals surface area contributed by atoms with Gasteiger partial charge in [-0.05, 0) is 43.2 Å². The summed E-state index contributed by atoms with van der Waals surface area (Å²) in [6.45, 7) is 3.83. The summed E-state index contributed by atoms with van der Waals surface area (Å²) in [5.74, 6) is 0.541. The van der Waals surface area contributed by atoms with E-state index in [2.05, 4.69) is 12.2 Å². The number of nitrogens with one attached hydrogen (secondary N) is 1. The van der Waals surface area contributed by atoms with Gasteiger partial charge in [-0.25, -0.2) is 0 Å². The van der Waals surface area contributed by atoms with Gasteiger partial charge in [-0.3, -0.25) is 4.79 Å². The Kier molecular flexibility index (Phi) is 4.77. The van der Waals surface area contributed by atoms with E-state index in [9.17, 15) is 4.79 Å². The van der Waals surface area contributed by atoms with Crippen LogP contribution in [-0.2, 0) is 11.2 Å². The van der Waals surface area contributed by atoms with E-state index in [0.717, 1.165) is 12.1 Å². The second kappa shape index (κ2) is 6.75. The summed E-state index contributed by atoms with van der Waals surface area (Å²) < 4.78 is 5.59. The molecule has 0 unspecified atom stereocenters. The maximum atomic E-state index is 12.1. The van der Waals surface area contributed by atoms with Gasteiger partial charge in [0.2, 0.25) is 0 Å². The van der Waals surface area contributed by atoms with Crippen molar-refractivity contribution in [2.75, 3.05) is 5.32 Å². The van der Waals surface area contributed by atoms with Crippen molar-refractivity contribution in [3.05, 3.63) is 60.2 Å². The number of anilines is 1. The lowest BCUT2D eigenvalue weighted by Gasteiger charge is -2.15. The van der Waals surface area contributed by atoms with E-state index in [-0.39, 0.29) is 5.91 Å². The quantitative estimate of drug-likeness (QED) is 0.899. The number of hydrogen-bond donors (Lipinski definition) is 1. The second-order valence-electron chi connectivity index (χ2n) is 4.62. The molecule has 20 heavy (non-hydrogen) atoms. The number of hydrogen-bond acceptors (Lipinski definition) is 2. The van der Waals surface area contributed by atoms with Gasteiger partial charge >= 0.3 is 0 Å². The Morgan fingerprint density at radius 2 is 1.90 bits per heavy atom. The van der Waals surface area contributed by atoms with E-state index in [0.29, 0.717) is 5.75 Å². The fourth-order valence-electron chi connectivity index (χ4n) is 1.87. The summed E-state index contributed by atoms with van der Waals surface area (Å²) in [7, 11) is 0. The minimum Gasteiger partial charge on any atom is -0.481 e. The summed E-state index contributed by atoms with van der Waals surface area (Å²) in [6.07, 6.45) is 0.405. The van der Waals surface area contributed by atoms with Crippen LogP contribution < -0.4 is 10.1 Å². The van der Waals surface area contributed by atoms with E-state index in [1.165, 1.54) is 5.56 Å². The van der Waals surface area contributed by atoms with Crippen molar-refractivity contribution in [1.29, 1.82) is 0 Å². The molecule has 2 aromatic carbocycles. The highest BCUT2D eigenvalue weighted by molar-refractivity contribution is 5.94. The Hall–Kier alpha value is -2.29. The lowest BCUT2D eigenvalue weighted by molar-refractivity contribution is -0.122. The highest BCUT2D eigenvalue weighted by atomic mass is 16.5. The highest BCUT2D eigenvalue weighted by Crippen LogP contribution is 2.14. The molecule has 0 saturated carbocycles. The van der Waals surface area contributed by atoms with Crippen LogP contribution in [-0.4, -0.2) is 12.0 Å². The molecule has 2 rings (SSSR count). The van der Waals surface area contributed by atoms with Crippen LogP contribution in [0, 0.1) is 0 Å². The Bertz CT molecular complexity index is 566. The smallest absolute Gasteiger partial charge is 0.265 e. The average Bonchev–Trinajstić information content (AvgIpc) is 2.48. The molecular formula is C17H19NO2. The third-order valence-corrected chi connectivity index (χ3v) is 3.03. The summed E-state index contributed by atoms with van der Waals surface area (Å²) in [4.78, 5) is 12.1. The molecule has 0 saturated heterocycles. The Labute approximate surface area is 119 Å². The first-order valence-electron chi connectivity index (χ1n) is 6.80. The van der Waals surface area contributed by atoms with Gasteiger partial charge in [0.05, 0.1) is 0 Å². The molecule has 0 bridgehead atoms. The van der Waals surface area contributed by atoms with Crippen molar-refractivity contribution in [3.8, 4) is 5.75 Å². The van der Waals surface area contributed by atoms with Crippen LogP contribution in [0.1, 0.15) is 19.4 Å². The average molecular weight is 269 g/mol. The number of ether oxygens (including phenoxy) is 1. The predicted octanol–water partition coefficient (Wildman–Crippen LogP) is 3.66. The van der Waals surface area contributed by atoms with E-state index in [1.54, 1.807) is 6.92 Å². The Balaban J connectivity index is 1.97. The summed E-state index contributed by atoms with van der Waals surface area (Å²) in [6, 6.07) is 17.2. The Morgan fingerprint density at radius 3 is 2.60 bits per heavy atom. The van der Waals surface area contributed by atoms with Gasteiger partial charge in [0.1, 0.15) is 5.75 Å². The standard InChI is InChI=1S/C17H19NO2/c1-3-14-8-7-9-15(12-14)18-17(19)13(2)20-16-10-5-4-6-11-16/h4-13H,3H2,1-2H3,(H,18,19)/t13-/m0/s1. The van der Waals surface area contributed by atoms with Crippen LogP contribution in [0.2, 0.25) is 0 Å². The SMILES string of the molecule is CCc1cccc(NC(=O)[C@H](C)Oc2ccccc2)c1. The first-order chi connectivity index (χ1) is 9.69. The molecule has 0 aliphatic rings. The number of carbonyl (C=O) groups excluding carboxylic acids is 1. The molecule has 0 fully saturated rings. The largest absolute Gasteiger partial charge is 0.481 e. The van der Waals surface area contributed by atoms with Crippen molar-refractivity contribution < 1.29 is 9.53 Å². The third-order valence-electron chi connectivity index (χ3n) is 3.03. The number of aryl methyl sites for hydroxylation is 1. The lowest BCUT2D eigenvalue weighted by Crippen LogP contribution is -2.30. The monoisotopic (exact) mass is 269 g/mol. The molecule has 0 aliphatic heterocycles. The number of rotatable bonds is 5. The van der Waals surface area contributed by atoms with Crippen molar-refractivity contribution >= 4 is 11.6 Å². The van der Waals surface area contributed by atoms with E-state index in [1.807, 2.05) is 54.6 Å². The molecular weight excluding hydrogens is 250 g/mol. The van der Waals surface area contributed by atoms with Crippen molar-refractivity contribution in [1.82, 2.24) is 0 Å². The zero-order valence-electron chi connectivity index (χ0n) is 11.8. The zero-order valence-corrected chi connectivity index (χ0v) is 11.8. The first-order valence-corrected chi connectivity index (χ1v) is 6.80. The number of carbonyl (C=O) groups is 1. The summed E-state index contributed by atoms with van der Waals surface area (Å²) >= 11 is 0. The van der Waals surface area contributed by atoms with Gasteiger partial charge in [0.15, 0.2) is 6.10 Å². The molecule has 1 N–H and O–H groups in total. The van der Waals surface area contributed by atoms with E-state index >= 15 is 0 Å². The second-order valence-corrected chi connectivity index (χ2v) is 4.62.